The summed E-state index contributed by atoms with van der Waals surface area (Å²) in [4.78, 5) is 26.5. The van der Waals surface area contributed by atoms with Gasteiger partial charge in [0.2, 0.25) is 11.8 Å². The number of aryl methyl sites for hydroxylation is 1. The van der Waals surface area contributed by atoms with Crippen molar-refractivity contribution in [1.82, 2.24) is 10.3 Å². The predicted octanol–water partition coefficient (Wildman–Crippen LogP) is 0.980. The summed E-state index contributed by atoms with van der Waals surface area (Å²) < 4.78 is 0.877. The number of amides is 2. The molecule has 1 aliphatic heterocycles. The molecule has 0 aromatic carbocycles. The van der Waals surface area contributed by atoms with E-state index in [-0.39, 0.29) is 18.2 Å². The highest BCUT2D eigenvalue weighted by molar-refractivity contribution is 9.10. The van der Waals surface area contributed by atoms with Crippen LogP contribution in [0.5, 0.6) is 0 Å². The van der Waals surface area contributed by atoms with Gasteiger partial charge >= 0.3 is 0 Å². The second kappa shape index (κ2) is 4.21. The molecular formula is C10H10BrN3O2. The average Bonchev–Trinajstić information content (AvgIpc) is 2.50. The molecule has 1 aromatic rings. The third kappa shape index (κ3) is 2.21. The summed E-state index contributed by atoms with van der Waals surface area (Å²) in [5.41, 5.74) is 0.918. The number of hydrogen-bond donors (Lipinski definition) is 2. The van der Waals surface area contributed by atoms with Crippen molar-refractivity contribution in [3.05, 3.63) is 22.3 Å². The van der Waals surface area contributed by atoms with Gasteiger partial charge in [0.1, 0.15) is 11.9 Å². The molecule has 1 atom stereocenters. The van der Waals surface area contributed by atoms with Crippen molar-refractivity contribution >= 4 is 33.6 Å². The SMILES string of the molecule is Cc1cc(Br)cnc1NC1CC(=O)NC1=O. The highest BCUT2D eigenvalue weighted by Crippen LogP contribution is 2.18. The van der Waals surface area contributed by atoms with Gasteiger partial charge < -0.3 is 5.32 Å². The number of imide groups is 1. The number of carbonyl (C=O) groups excluding carboxylic acids is 2. The van der Waals surface area contributed by atoms with Gasteiger partial charge in [0.15, 0.2) is 0 Å². The van der Waals surface area contributed by atoms with Crippen LogP contribution in [-0.4, -0.2) is 22.8 Å². The van der Waals surface area contributed by atoms with Gasteiger partial charge in [0.25, 0.3) is 0 Å². The van der Waals surface area contributed by atoms with Gasteiger partial charge in [-0.1, -0.05) is 0 Å². The van der Waals surface area contributed by atoms with E-state index in [1.165, 1.54) is 0 Å². The third-order valence-electron chi connectivity index (χ3n) is 2.32. The zero-order chi connectivity index (χ0) is 11.7. The highest BCUT2D eigenvalue weighted by Gasteiger charge is 2.30. The van der Waals surface area contributed by atoms with Gasteiger partial charge in [-0.2, -0.15) is 0 Å². The zero-order valence-electron chi connectivity index (χ0n) is 8.58. The van der Waals surface area contributed by atoms with Gasteiger partial charge in [0, 0.05) is 10.7 Å². The molecule has 0 aliphatic carbocycles. The van der Waals surface area contributed by atoms with E-state index in [1.807, 2.05) is 13.0 Å². The van der Waals surface area contributed by atoms with E-state index >= 15 is 0 Å². The molecule has 1 aromatic heterocycles. The maximum absolute atomic E-state index is 11.3. The van der Waals surface area contributed by atoms with Crippen LogP contribution >= 0.6 is 15.9 Å². The predicted molar refractivity (Wildman–Crippen MR) is 61.9 cm³/mol. The minimum Gasteiger partial charge on any atom is -0.358 e. The van der Waals surface area contributed by atoms with Crippen LogP contribution in [0.15, 0.2) is 16.7 Å². The van der Waals surface area contributed by atoms with E-state index in [0.717, 1.165) is 10.0 Å². The molecule has 1 saturated heterocycles. The molecule has 2 heterocycles. The molecule has 2 rings (SSSR count). The number of anilines is 1. The number of halogens is 1. The summed E-state index contributed by atoms with van der Waals surface area (Å²) >= 11 is 3.31. The van der Waals surface area contributed by atoms with Crippen LogP contribution in [-0.2, 0) is 9.59 Å². The number of aromatic nitrogens is 1. The van der Waals surface area contributed by atoms with Crippen molar-refractivity contribution in [2.75, 3.05) is 5.32 Å². The van der Waals surface area contributed by atoms with E-state index in [4.69, 9.17) is 0 Å². The van der Waals surface area contributed by atoms with E-state index in [9.17, 15) is 9.59 Å². The largest absolute Gasteiger partial charge is 0.358 e. The zero-order valence-corrected chi connectivity index (χ0v) is 10.2. The molecule has 5 nitrogen and oxygen atoms in total. The van der Waals surface area contributed by atoms with Crippen LogP contribution in [0, 0.1) is 6.92 Å². The lowest BCUT2D eigenvalue weighted by Gasteiger charge is -2.11. The van der Waals surface area contributed by atoms with Gasteiger partial charge in [-0.05, 0) is 34.5 Å². The Bertz CT molecular complexity index is 461. The summed E-state index contributed by atoms with van der Waals surface area (Å²) in [5.74, 6) is 0.0735. The normalized spacial score (nSPS) is 19.8. The number of rotatable bonds is 2. The maximum Gasteiger partial charge on any atom is 0.249 e. The van der Waals surface area contributed by atoms with Crippen molar-refractivity contribution in [2.24, 2.45) is 0 Å². The van der Waals surface area contributed by atoms with Crippen LogP contribution in [0.3, 0.4) is 0 Å². The molecule has 0 saturated carbocycles. The Balaban J connectivity index is 2.15. The lowest BCUT2D eigenvalue weighted by atomic mass is 10.2. The van der Waals surface area contributed by atoms with Crippen molar-refractivity contribution in [3.8, 4) is 0 Å². The minimum atomic E-state index is -0.514. The summed E-state index contributed by atoms with van der Waals surface area (Å²) in [6.45, 7) is 1.88. The van der Waals surface area contributed by atoms with Crippen LogP contribution in [0.1, 0.15) is 12.0 Å². The van der Waals surface area contributed by atoms with Gasteiger partial charge in [-0.3, -0.25) is 14.9 Å². The summed E-state index contributed by atoms with van der Waals surface area (Å²) in [6.07, 6.45) is 1.81. The third-order valence-corrected chi connectivity index (χ3v) is 2.76. The van der Waals surface area contributed by atoms with Crippen molar-refractivity contribution < 1.29 is 9.59 Å². The fraction of sp³-hybridized carbons (Fsp3) is 0.300. The fourth-order valence-electron chi connectivity index (χ4n) is 1.53. The molecule has 6 heteroatoms. The lowest BCUT2D eigenvalue weighted by molar-refractivity contribution is -0.124. The number of nitrogens with one attached hydrogen (secondary N) is 2. The van der Waals surface area contributed by atoms with Gasteiger partial charge in [-0.15, -0.1) is 0 Å². The Labute approximate surface area is 101 Å². The molecule has 0 bridgehead atoms. The lowest BCUT2D eigenvalue weighted by Crippen LogP contribution is -2.30. The number of pyridine rings is 1. The Hall–Kier alpha value is -1.43. The second-order valence-corrected chi connectivity index (χ2v) is 4.55. The molecule has 2 amide bonds. The summed E-state index contributed by atoms with van der Waals surface area (Å²) in [5, 5.41) is 5.19. The molecule has 2 N–H and O–H groups in total. The molecule has 0 spiro atoms. The Morgan fingerprint density at radius 2 is 2.31 bits per heavy atom. The number of nitrogens with zero attached hydrogens (tertiary/aromatic N) is 1. The standard InChI is InChI=1S/C10H10BrN3O2/c1-5-2-6(11)4-12-9(5)13-7-3-8(15)14-10(7)16/h2,4,7H,3H2,1H3,(H,12,13)(H,14,15,16). The minimum absolute atomic E-state index is 0.163. The number of hydrogen-bond acceptors (Lipinski definition) is 4. The Morgan fingerprint density at radius 3 is 2.88 bits per heavy atom. The van der Waals surface area contributed by atoms with Crippen LogP contribution < -0.4 is 10.6 Å². The molecule has 1 aliphatic rings. The molecular weight excluding hydrogens is 274 g/mol. The summed E-state index contributed by atoms with van der Waals surface area (Å²) in [6, 6.07) is 1.38. The van der Waals surface area contributed by atoms with E-state index in [1.54, 1.807) is 6.20 Å². The topological polar surface area (TPSA) is 71.1 Å². The van der Waals surface area contributed by atoms with Crippen molar-refractivity contribution in [2.45, 2.75) is 19.4 Å². The fourth-order valence-corrected chi connectivity index (χ4v) is 1.97. The first-order chi connectivity index (χ1) is 7.56. The van der Waals surface area contributed by atoms with E-state index in [0.29, 0.717) is 5.82 Å². The molecule has 1 unspecified atom stereocenters. The molecule has 0 radical (unpaired) electrons. The first-order valence-corrected chi connectivity index (χ1v) is 5.58. The molecule has 1 fully saturated rings. The van der Waals surface area contributed by atoms with E-state index < -0.39 is 6.04 Å². The number of carbonyl (C=O) groups is 2. The Kier molecular flexibility index (Phi) is 2.91. The Morgan fingerprint density at radius 1 is 1.56 bits per heavy atom. The average molecular weight is 284 g/mol. The molecule has 84 valence electrons. The van der Waals surface area contributed by atoms with E-state index in [2.05, 4.69) is 31.5 Å². The quantitative estimate of drug-likeness (QED) is 0.794. The highest BCUT2D eigenvalue weighted by atomic mass is 79.9. The molecule has 16 heavy (non-hydrogen) atoms. The van der Waals surface area contributed by atoms with Crippen molar-refractivity contribution in [1.29, 1.82) is 0 Å². The maximum atomic E-state index is 11.3. The monoisotopic (exact) mass is 283 g/mol. The van der Waals surface area contributed by atoms with Crippen LogP contribution in [0.25, 0.3) is 0 Å². The first kappa shape index (κ1) is 11.1. The van der Waals surface area contributed by atoms with Crippen LogP contribution in [0.4, 0.5) is 5.82 Å². The van der Waals surface area contributed by atoms with Crippen molar-refractivity contribution in [3.63, 3.8) is 0 Å². The second-order valence-electron chi connectivity index (χ2n) is 3.63. The van der Waals surface area contributed by atoms with Crippen LogP contribution in [0.2, 0.25) is 0 Å². The van der Waals surface area contributed by atoms with Gasteiger partial charge in [-0.25, -0.2) is 4.98 Å². The van der Waals surface area contributed by atoms with Gasteiger partial charge in [0.05, 0.1) is 6.42 Å². The first-order valence-electron chi connectivity index (χ1n) is 4.78. The smallest absolute Gasteiger partial charge is 0.249 e. The summed E-state index contributed by atoms with van der Waals surface area (Å²) in [7, 11) is 0.